The second kappa shape index (κ2) is 10.2. The van der Waals surface area contributed by atoms with Crippen LogP contribution in [0, 0.1) is 5.41 Å². The van der Waals surface area contributed by atoms with E-state index in [4.69, 9.17) is 10.5 Å². The van der Waals surface area contributed by atoms with Gasteiger partial charge in [0.1, 0.15) is 12.3 Å². The van der Waals surface area contributed by atoms with Crippen LogP contribution in [0.1, 0.15) is 50.7 Å². The summed E-state index contributed by atoms with van der Waals surface area (Å²) in [6, 6.07) is 19.7. The maximum Gasteiger partial charge on any atom is 0.232 e. The number of alkyl halides is 1. The highest BCUT2D eigenvalue weighted by Crippen LogP contribution is 2.42. The van der Waals surface area contributed by atoms with Gasteiger partial charge in [0.2, 0.25) is 5.91 Å². The van der Waals surface area contributed by atoms with Gasteiger partial charge in [-0.1, -0.05) is 74.5 Å². The van der Waals surface area contributed by atoms with E-state index in [9.17, 15) is 14.3 Å². The van der Waals surface area contributed by atoms with Gasteiger partial charge in [0.25, 0.3) is 0 Å². The Morgan fingerprint density at radius 3 is 2.23 bits per heavy atom. The van der Waals surface area contributed by atoms with Crippen molar-refractivity contribution in [1.82, 2.24) is 5.32 Å². The monoisotopic (exact) mass is 478 g/mol. The summed E-state index contributed by atoms with van der Waals surface area (Å²) < 4.78 is 19.4. The number of rotatable bonds is 9. The van der Waals surface area contributed by atoms with Crippen LogP contribution in [0.15, 0.2) is 84.3 Å². The van der Waals surface area contributed by atoms with Crippen molar-refractivity contribution < 1.29 is 19.0 Å². The van der Waals surface area contributed by atoms with Gasteiger partial charge in [-0.25, -0.2) is 4.39 Å². The summed E-state index contributed by atoms with van der Waals surface area (Å²) in [6.45, 7) is 5.02. The molecule has 3 atom stereocenters. The summed E-state index contributed by atoms with van der Waals surface area (Å²) in [7, 11) is 0. The van der Waals surface area contributed by atoms with E-state index in [1.165, 1.54) is 6.08 Å². The molecule has 1 saturated heterocycles. The first kappa shape index (κ1) is 25.0. The third-order valence-corrected chi connectivity index (χ3v) is 7.55. The van der Waals surface area contributed by atoms with Crippen molar-refractivity contribution in [3.8, 4) is 0 Å². The molecule has 1 heterocycles. The van der Waals surface area contributed by atoms with Crippen LogP contribution in [0.3, 0.4) is 0 Å². The van der Waals surface area contributed by atoms with Gasteiger partial charge in [-0.15, -0.1) is 0 Å². The number of primary amides is 1. The van der Waals surface area contributed by atoms with Crippen LogP contribution in [0.4, 0.5) is 4.39 Å². The quantitative estimate of drug-likeness (QED) is 0.469. The van der Waals surface area contributed by atoms with Crippen molar-refractivity contribution in [2.75, 3.05) is 6.54 Å². The third-order valence-electron chi connectivity index (χ3n) is 7.55. The summed E-state index contributed by atoms with van der Waals surface area (Å²) in [6.07, 6.45) is 3.78. The Balaban J connectivity index is 1.50. The lowest BCUT2D eigenvalue weighted by Crippen LogP contribution is -2.45. The largest absolute Gasteiger partial charge is 0.504 e. The van der Waals surface area contributed by atoms with E-state index < -0.39 is 11.6 Å². The molecule has 6 heteroatoms. The Labute approximate surface area is 206 Å². The van der Waals surface area contributed by atoms with Crippen molar-refractivity contribution in [2.24, 2.45) is 11.1 Å². The second-order valence-corrected chi connectivity index (χ2v) is 10.3. The number of carbonyl (C=O) groups is 1. The van der Waals surface area contributed by atoms with E-state index in [0.29, 0.717) is 18.7 Å². The molecule has 1 aliphatic carbocycles. The van der Waals surface area contributed by atoms with Gasteiger partial charge in [-0.2, -0.15) is 0 Å². The number of hydrogen-bond acceptors (Lipinski definition) is 4. The van der Waals surface area contributed by atoms with Crippen molar-refractivity contribution in [3.05, 3.63) is 95.5 Å². The molecule has 1 amide bonds. The fourth-order valence-electron chi connectivity index (χ4n) is 5.31. The molecule has 186 valence electrons. The predicted octanol–water partition coefficient (Wildman–Crippen LogP) is 5.08. The van der Waals surface area contributed by atoms with E-state index in [-0.39, 0.29) is 35.6 Å². The van der Waals surface area contributed by atoms with Crippen molar-refractivity contribution >= 4 is 5.91 Å². The van der Waals surface area contributed by atoms with Crippen LogP contribution >= 0.6 is 0 Å². The van der Waals surface area contributed by atoms with Crippen LogP contribution < -0.4 is 11.1 Å². The summed E-state index contributed by atoms with van der Waals surface area (Å²) in [4.78, 5) is 13.1. The minimum absolute atomic E-state index is 0.124. The normalized spacial score (nSPS) is 22.9. The van der Waals surface area contributed by atoms with Gasteiger partial charge in [-0.05, 0) is 41.5 Å². The first-order valence-electron chi connectivity index (χ1n) is 12.3. The Morgan fingerprint density at radius 2 is 1.69 bits per heavy atom. The standard InChI is InChI=1S/C29H35FN2O3/c1-28(2,26-18-23(19-32-26)35-25-14-13-22(30)17-24(25)33)15-16-29(27(31)34,20-9-5-3-6-10-20)21-11-7-4-8-12-21/h3-12,14,17,22-23,26,32-33H,13,15-16,18-19H2,1-2H3,(H2,31,34)/t22?,23?,26-/m0/s1. The van der Waals surface area contributed by atoms with Crippen molar-refractivity contribution in [1.29, 1.82) is 0 Å². The predicted molar refractivity (Wildman–Crippen MR) is 135 cm³/mol. The Hall–Kier alpha value is -3.12. The highest BCUT2D eigenvalue weighted by Gasteiger charge is 2.44. The average molecular weight is 479 g/mol. The molecule has 0 aromatic heterocycles. The Bertz CT molecular complexity index is 1040. The smallest absolute Gasteiger partial charge is 0.232 e. The molecule has 2 aliphatic rings. The van der Waals surface area contributed by atoms with E-state index >= 15 is 0 Å². The number of halogens is 1. The van der Waals surface area contributed by atoms with Gasteiger partial charge >= 0.3 is 0 Å². The number of hydrogen-bond donors (Lipinski definition) is 3. The van der Waals surface area contributed by atoms with E-state index in [1.807, 2.05) is 60.7 Å². The zero-order valence-corrected chi connectivity index (χ0v) is 20.4. The molecular formula is C29H35FN2O3. The fourth-order valence-corrected chi connectivity index (χ4v) is 5.31. The van der Waals surface area contributed by atoms with E-state index in [1.54, 1.807) is 6.08 Å². The van der Waals surface area contributed by atoms with Crippen LogP contribution in [0.5, 0.6) is 0 Å². The summed E-state index contributed by atoms with van der Waals surface area (Å²) >= 11 is 0. The number of nitrogens with one attached hydrogen (secondary N) is 1. The highest BCUT2D eigenvalue weighted by molar-refractivity contribution is 5.90. The SMILES string of the molecule is CC(C)(CCC(C(N)=O)(c1ccccc1)c1ccccc1)[C@@H]1CC(OC2=CCC(F)C=C2O)CN1. The second-order valence-electron chi connectivity index (χ2n) is 10.3. The molecule has 2 unspecified atom stereocenters. The van der Waals surface area contributed by atoms with Gasteiger partial charge in [0, 0.05) is 25.4 Å². The lowest BCUT2D eigenvalue weighted by Gasteiger charge is -2.38. The molecule has 0 radical (unpaired) electrons. The average Bonchev–Trinajstić information content (AvgIpc) is 3.32. The fraction of sp³-hybridized carbons (Fsp3) is 0.414. The molecular weight excluding hydrogens is 443 g/mol. The van der Waals surface area contributed by atoms with Crippen LogP contribution in [0.2, 0.25) is 0 Å². The van der Waals surface area contributed by atoms with E-state index in [2.05, 4.69) is 19.2 Å². The Kier molecular flexibility index (Phi) is 7.31. The van der Waals surface area contributed by atoms with Gasteiger partial charge < -0.3 is 20.9 Å². The number of ether oxygens (including phenoxy) is 1. The van der Waals surface area contributed by atoms with Crippen molar-refractivity contribution in [2.45, 2.75) is 63.3 Å². The third kappa shape index (κ3) is 5.27. The summed E-state index contributed by atoms with van der Waals surface area (Å²) in [5.74, 6) is -0.141. The highest BCUT2D eigenvalue weighted by atomic mass is 19.1. The molecule has 2 aromatic carbocycles. The maximum atomic E-state index is 13.4. The summed E-state index contributed by atoms with van der Waals surface area (Å²) in [5.41, 5.74) is 6.83. The zero-order valence-electron chi connectivity index (χ0n) is 20.4. The number of aliphatic hydroxyl groups excluding tert-OH is 1. The Morgan fingerprint density at radius 1 is 1.09 bits per heavy atom. The molecule has 35 heavy (non-hydrogen) atoms. The first-order valence-corrected chi connectivity index (χ1v) is 12.3. The molecule has 1 fully saturated rings. The number of aliphatic hydroxyl groups is 1. The number of benzene rings is 2. The molecule has 0 saturated carbocycles. The lowest BCUT2D eigenvalue weighted by atomic mass is 9.66. The van der Waals surface area contributed by atoms with E-state index in [0.717, 1.165) is 24.0 Å². The minimum Gasteiger partial charge on any atom is -0.504 e. The topological polar surface area (TPSA) is 84.6 Å². The summed E-state index contributed by atoms with van der Waals surface area (Å²) in [5, 5.41) is 13.6. The molecule has 4 rings (SSSR count). The molecule has 0 spiro atoms. The minimum atomic E-state index is -1.17. The van der Waals surface area contributed by atoms with Crippen LogP contribution in [-0.2, 0) is 14.9 Å². The number of carbonyl (C=O) groups excluding carboxylic acids is 1. The van der Waals surface area contributed by atoms with Gasteiger partial charge in [-0.3, -0.25) is 4.79 Å². The maximum absolute atomic E-state index is 13.4. The van der Waals surface area contributed by atoms with Crippen molar-refractivity contribution in [3.63, 3.8) is 0 Å². The molecule has 4 N–H and O–H groups in total. The number of amides is 1. The van der Waals surface area contributed by atoms with Gasteiger partial charge in [0.15, 0.2) is 11.5 Å². The first-order chi connectivity index (χ1) is 16.7. The number of nitrogens with two attached hydrogens (primary N) is 1. The molecule has 0 bridgehead atoms. The lowest BCUT2D eigenvalue weighted by molar-refractivity contribution is -0.122. The van der Waals surface area contributed by atoms with Crippen LogP contribution in [-0.4, -0.2) is 35.9 Å². The molecule has 2 aromatic rings. The number of allylic oxidation sites excluding steroid dienone is 2. The van der Waals surface area contributed by atoms with Gasteiger partial charge in [0.05, 0.1) is 5.41 Å². The van der Waals surface area contributed by atoms with Crippen LogP contribution in [0.25, 0.3) is 0 Å². The molecule has 1 aliphatic heterocycles. The molecule has 5 nitrogen and oxygen atoms in total. The zero-order chi connectivity index (χ0) is 25.1.